The Morgan fingerprint density at radius 3 is 2.72 bits per heavy atom. The largest absolute Gasteiger partial charge is 0.383 e. The van der Waals surface area contributed by atoms with Crippen LogP contribution in [0.25, 0.3) is 0 Å². The molecule has 0 atom stereocenters. The van der Waals surface area contributed by atoms with Crippen LogP contribution in [0.1, 0.15) is 0 Å². The molecule has 0 aliphatic heterocycles. The third-order valence-electron chi connectivity index (χ3n) is 2.73. The summed E-state index contributed by atoms with van der Waals surface area (Å²) in [6.45, 7) is 3.56. The number of nitrogens with zero attached hydrogens (tertiary/aromatic N) is 2. The quantitative estimate of drug-likeness (QED) is 0.708. The van der Waals surface area contributed by atoms with Gasteiger partial charge in [0.1, 0.15) is 0 Å². The third kappa shape index (κ3) is 5.38. The highest BCUT2D eigenvalue weighted by atomic mass is 16.5. The summed E-state index contributed by atoms with van der Waals surface area (Å²) < 4.78 is 5.01. The molecule has 0 saturated heterocycles. The van der Waals surface area contributed by atoms with E-state index in [9.17, 15) is 0 Å². The van der Waals surface area contributed by atoms with Crippen LogP contribution in [-0.4, -0.2) is 59.4 Å². The molecule has 0 aromatic heterocycles. The van der Waals surface area contributed by atoms with Crippen molar-refractivity contribution in [3.63, 3.8) is 0 Å². The molecule has 0 aliphatic rings. The van der Waals surface area contributed by atoms with Crippen LogP contribution < -0.4 is 10.2 Å². The van der Waals surface area contributed by atoms with Crippen molar-refractivity contribution in [2.75, 3.05) is 64.7 Å². The minimum absolute atomic E-state index is 0.703. The molecule has 0 saturated carbocycles. The van der Waals surface area contributed by atoms with Crippen LogP contribution in [0.5, 0.6) is 0 Å². The van der Waals surface area contributed by atoms with Gasteiger partial charge < -0.3 is 19.9 Å². The van der Waals surface area contributed by atoms with Crippen molar-refractivity contribution in [1.29, 1.82) is 0 Å². The van der Waals surface area contributed by atoms with Gasteiger partial charge in [-0.25, -0.2) is 0 Å². The second kappa shape index (κ2) is 7.95. The fourth-order valence-electron chi connectivity index (χ4n) is 1.56. The van der Waals surface area contributed by atoms with Crippen molar-refractivity contribution in [3.05, 3.63) is 24.3 Å². The van der Waals surface area contributed by atoms with Crippen molar-refractivity contribution in [3.8, 4) is 0 Å². The molecule has 1 aromatic rings. The van der Waals surface area contributed by atoms with Gasteiger partial charge in [-0.1, -0.05) is 6.07 Å². The Morgan fingerprint density at radius 1 is 1.28 bits per heavy atom. The zero-order chi connectivity index (χ0) is 13.4. The minimum atomic E-state index is 0.703. The van der Waals surface area contributed by atoms with Crippen molar-refractivity contribution >= 4 is 11.4 Å². The van der Waals surface area contributed by atoms with Gasteiger partial charge in [-0.3, -0.25) is 0 Å². The molecular weight excluding hydrogens is 226 g/mol. The lowest BCUT2D eigenvalue weighted by Crippen LogP contribution is -2.28. The van der Waals surface area contributed by atoms with E-state index in [1.807, 2.05) is 6.07 Å². The maximum atomic E-state index is 5.01. The van der Waals surface area contributed by atoms with Gasteiger partial charge >= 0.3 is 0 Å². The summed E-state index contributed by atoms with van der Waals surface area (Å²) in [5, 5.41) is 3.29. The number of ether oxygens (including phenoxy) is 1. The SMILES string of the molecule is COCCNc1[c]ccc(N(C)CCN(C)C)c1. The average Bonchev–Trinajstić information content (AvgIpc) is 2.36. The first-order valence-electron chi connectivity index (χ1n) is 6.24. The van der Waals surface area contributed by atoms with E-state index in [1.54, 1.807) is 7.11 Å². The summed E-state index contributed by atoms with van der Waals surface area (Å²) in [6.07, 6.45) is 0. The Kier molecular flexibility index (Phi) is 6.54. The maximum absolute atomic E-state index is 5.01. The number of hydrogen-bond donors (Lipinski definition) is 1. The zero-order valence-electron chi connectivity index (χ0n) is 11.9. The molecule has 101 valence electrons. The number of anilines is 2. The topological polar surface area (TPSA) is 27.7 Å². The lowest BCUT2D eigenvalue weighted by molar-refractivity contribution is 0.211. The molecule has 0 spiro atoms. The number of benzene rings is 1. The molecule has 0 amide bonds. The summed E-state index contributed by atoms with van der Waals surface area (Å²) in [6, 6.07) is 9.34. The number of likely N-dealkylation sites (N-methyl/N-ethyl adjacent to an activating group) is 2. The van der Waals surface area contributed by atoms with Gasteiger partial charge in [-0.15, -0.1) is 0 Å². The van der Waals surface area contributed by atoms with Crippen LogP contribution in [0.4, 0.5) is 11.4 Å². The minimum Gasteiger partial charge on any atom is -0.383 e. The zero-order valence-corrected chi connectivity index (χ0v) is 11.9. The van der Waals surface area contributed by atoms with Gasteiger partial charge in [-0.2, -0.15) is 0 Å². The fraction of sp³-hybridized carbons (Fsp3) is 0.571. The van der Waals surface area contributed by atoms with E-state index in [0.717, 1.165) is 25.3 Å². The first kappa shape index (κ1) is 14.8. The van der Waals surface area contributed by atoms with E-state index in [4.69, 9.17) is 4.74 Å². The van der Waals surface area contributed by atoms with Gasteiger partial charge in [0.25, 0.3) is 0 Å². The predicted octanol–water partition coefficient (Wildman–Crippen LogP) is 1.54. The molecule has 4 heteroatoms. The number of nitrogens with one attached hydrogen (secondary N) is 1. The predicted molar refractivity (Wildman–Crippen MR) is 77.5 cm³/mol. The Labute approximate surface area is 111 Å². The molecule has 0 unspecified atom stereocenters. The fourth-order valence-corrected chi connectivity index (χ4v) is 1.56. The van der Waals surface area contributed by atoms with E-state index in [1.165, 1.54) is 5.69 Å². The second-order valence-corrected chi connectivity index (χ2v) is 4.60. The van der Waals surface area contributed by atoms with E-state index in [2.05, 4.69) is 54.5 Å². The van der Waals surface area contributed by atoms with Crippen LogP contribution >= 0.6 is 0 Å². The van der Waals surface area contributed by atoms with Gasteiger partial charge in [0.2, 0.25) is 0 Å². The highest BCUT2D eigenvalue weighted by Gasteiger charge is 2.02. The van der Waals surface area contributed by atoms with Crippen LogP contribution in [0, 0.1) is 6.07 Å². The Balaban J connectivity index is 2.52. The Morgan fingerprint density at radius 2 is 2.06 bits per heavy atom. The van der Waals surface area contributed by atoms with Crippen LogP contribution in [-0.2, 0) is 4.74 Å². The summed E-state index contributed by atoms with van der Waals surface area (Å²) in [5.74, 6) is 0. The normalized spacial score (nSPS) is 10.7. The molecule has 4 nitrogen and oxygen atoms in total. The van der Waals surface area contributed by atoms with Crippen molar-refractivity contribution in [2.45, 2.75) is 0 Å². The van der Waals surface area contributed by atoms with Crippen molar-refractivity contribution in [2.24, 2.45) is 0 Å². The summed E-state index contributed by atoms with van der Waals surface area (Å²) in [7, 11) is 7.99. The molecule has 1 rings (SSSR count). The van der Waals surface area contributed by atoms with Gasteiger partial charge in [0, 0.05) is 51.2 Å². The maximum Gasteiger partial charge on any atom is 0.0635 e. The smallest absolute Gasteiger partial charge is 0.0635 e. The van der Waals surface area contributed by atoms with E-state index in [0.29, 0.717) is 6.61 Å². The number of rotatable bonds is 8. The van der Waals surface area contributed by atoms with E-state index in [-0.39, 0.29) is 0 Å². The van der Waals surface area contributed by atoms with Crippen LogP contribution in [0.3, 0.4) is 0 Å². The molecule has 0 aliphatic carbocycles. The highest BCUT2D eigenvalue weighted by Crippen LogP contribution is 2.17. The molecule has 1 aromatic carbocycles. The second-order valence-electron chi connectivity index (χ2n) is 4.60. The van der Waals surface area contributed by atoms with Crippen LogP contribution in [0.15, 0.2) is 18.2 Å². The molecule has 18 heavy (non-hydrogen) atoms. The number of methoxy groups -OCH3 is 1. The molecule has 1 radical (unpaired) electrons. The number of hydrogen-bond acceptors (Lipinski definition) is 4. The van der Waals surface area contributed by atoms with E-state index >= 15 is 0 Å². The summed E-state index contributed by atoms with van der Waals surface area (Å²) in [4.78, 5) is 4.43. The Bertz CT molecular complexity index is 342. The van der Waals surface area contributed by atoms with Gasteiger partial charge in [0.05, 0.1) is 6.61 Å². The molecule has 1 N–H and O–H groups in total. The monoisotopic (exact) mass is 250 g/mol. The first-order valence-corrected chi connectivity index (χ1v) is 6.24. The molecule has 0 heterocycles. The Hall–Kier alpha value is -1.26. The lowest BCUT2D eigenvalue weighted by Gasteiger charge is -2.22. The van der Waals surface area contributed by atoms with Crippen LogP contribution in [0.2, 0.25) is 0 Å². The molecule has 0 fully saturated rings. The van der Waals surface area contributed by atoms with Crippen molar-refractivity contribution in [1.82, 2.24) is 4.90 Å². The van der Waals surface area contributed by atoms with E-state index < -0.39 is 0 Å². The lowest BCUT2D eigenvalue weighted by atomic mass is 10.2. The standard InChI is InChI=1S/C14H24N3O/c1-16(2)9-10-17(3)14-7-5-6-13(12-14)15-8-11-18-4/h5,7,12,15H,8-11H2,1-4H3. The molecular formula is C14H24N3O. The third-order valence-corrected chi connectivity index (χ3v) is 2.73. The summed E-state index contributed by atoms with van der Waals surface area (Å²) in [5.41, 5.74) is 2.22. The van der Waals surface area contributed by atoms with Crippen molar-refractivity contribution < 1.29 is 4.74 Å². The average molecular weight is 250 g/mol. The van der Waals surface area contributed by atoms with Gasteiger partial charge in [0.15, 0.2) is 0 Å². The highest BCUT2D eigenvalue weighted by molar-refractivity contribution is 5.57. The summed E-state index contributed by atoms with van der Waals surface area (Å²) >= 11 is 0. The molecule has 0 bridgehead atoms. The van der Waals surface area contributed by atoms with Gasteiger partial charge in [-0.05, 0) is 26.2 Å². The first-order chi connectivity index (χ1) is 8.63.